The van der Waals surface area contributed by atoms with Gasteiger partial charge >= 0.3 is 11.9 Å². The summed E-state index contributed by atoms with van der Waals surface area (Å²) in [5.74, 6) is -4.38. The molecule has 1 aromatic carbocycles. The molecule has 2 saturated carbocycles. The summed E-state index contributed by atoms with van der Waals surface area (Å²) < 4.78 is 16.7. The number of carbonyl (C=O) groups excluding carboxylic acids is 4. The molecule has 1 aliphatic heterocycles. The summed E-state index contributed by atoms with van der Waals surface area (Å²) in [6.07, 6.45) is -4.97. The monoisotopic (exact) mass is 560 g/mol. The number of ketones is 2. The van der Waals surface area contributed by atoms with E-state index in [-0.39, 0.29) is 31.4 Å². The first kappa shape index (κ1) is 30.3. The number of hydrogen-bond donors (Lipinski definition) is 3. The lowest BCUT2D eigenvalue weighted by molar-refractivity contribution is -0.301. The van der Waals surface area contributed by atoms with E-state index < -0.39 is 81.8 Å². The summed E-state index contributed by atoms with van der Waals surface area (Å²) >= 11 is 0. The zero-order valence-electron chi connectivity index (χ0n) is 23.9. The molecule has 3 fully saturated rings. The highest BCUT2D eigenvalue weighted by Crippen LogP contribution is 2.55. The van der Waals surface area contributed by atoms with Crippen molar-refractivity contribution in [3.63, 3.8) is 0 Å². The Hall–Kier alpha value is -2.66. The zero-order chi connectivity index (χ0) is 29.8. The maximum absolute atomic E-state index is 14.1. The first-order valence-electron chi connectivity index (χ1n) is 13.7. The van der Waals surface area contributed by atoms with Gasteiger partial charge < -0.3 is 29.5 Å². The van der Waals surface area contributed by atoms with Gasteiger partial charge in [0.15, 0.2) is 11.4 Å². The first-order valence-corrected chi connectivity index (χ1v) is 13.7. The summed E-state index contributed by atoms with van der Waals surface area (Å²) in [6, 6.07) is 8.22. The minimum Gasteiger partial charge on any atom is -0.456 e. The second-order valence-corrected chi connectivity index (χ2v) is 12.7. The fourth-order valence-electron chi connectivity index (χ4n) is 7.17. The van der Waals surface area contributed by atoms with Crippen molar-refractivity contribution in [1.82, 2.24) is 0 Å². The average Bonchev–Trinajstić information content (AvgIpc) is 2.88. The SMILES string of the molecule is CC(=O)O[C@@]12CO[C@@H]1C[C@H](O)[C@@](C)(C(O)C(=O)C1C(C)C(=O)C[C@@](O)([C@H](C)OC(=O)c3ccccc3)C1(C)C)C2. The van der Waals surface area contributed by atoms with Gasteiger partial charge in [-0.05, 0) is 19.1 Å². The van der Waals surface area contributed by atoms with Gasteiger partial charge in [-0.1, -0.05) is 45.9 Å². The van der Waals surface area contributed by atoms with Crippen molar-refractivity contribution in [1.29, 1.82) is 0 Å². The van der Waals surface area contributed by atoms with E-state index in [1.165, 1.54) is 13.8 Å². The Balaban J connectivity index is 1.63. The molecule has 0 radical (unpaired) electrons. The van der Waals surface area contributed by atoms with Gasteiger partial charge in [-0.25, -0.2) is 4.79 Å². The van der Waals surface area contributed by atoms with Crippen LogP contribution in [0.2, 0.25) is 0 Å². The third-order valence-corrected chi connectivity index (χ3v) is 9.85. The highest BCUT2D eigenvalue weighted by Gasteiger charge is 2.67. The molecular weight excluding hydrogens is 520 g/mol. The van der Waals surface area contributed by atoms with E-state index in [9.17, 15) is 34.5 Å². The largest absolute Gasteiger partial charge is 0.456 e. The lowest BCUT2D eigenvalue weighted by atomic mass is 9.51. The van der Waals surface area contributed by atoms with Crippen LogP contribution < -0.4 is 0 Å². The molecule has 1 heterocycles. The summed E-state index contributed by atoms with van der Waals surface area (Å²) in [4.78, 5) is 52.0. The van der Waals surface area contributed by atoms with Crippen LogP contribution in [0.5, 0.6) is 0 Å². The third-order valence-electron chi connectivity index (χ3n) is 9.85. The molecular formula is C30H40O10. The Bertz CT molecular complexity index is 1180. The molecule has 220 valence electrons. The van der Waals surface area contributed by atoms with Gasteiger partial charge in [0.1, 0.15) is 29.7 Å². The van der Waals surface area contributed by atoms with Crippen molar-refractivity contribution in [2.75, 3.05) is 6.61 Å². The Morgan fingerprint density at radius 1 is 1.12 bits per heavy atom. The maximum atomic E-state index is 14.1. The van der Waals surface area contributed by atoms with Crippen LogP contribution in [0.1, 0.15) is 71.2 Å². The number of esters is 2. The van der Waals surface area contributed by atoms with Gasteiger partial charge in [0, 0.05) is 48.9 Å². The summed E-state index contributed by atoms with van der Waals surface area (Å²) in [6.45, 7) is 9.19. The van der Waals surface area contributed by atoms with Gasteiger partial charge in [-0.2, -0.15) is 0 Å². The predicted molar refractivity (Wildman–Crippen MR) is 141 cm³/mol. The topological polar surface area (TPSA) is 157 Å². The summed E-state index contributed by atoms with van der Waals surface area (Å²) in [5, 5.41) is 34.6. The molecule has 3 aliphatic rings. The minimum atomic E-state index is -1.93. The molecule has 0 bridgehead atoms. The van der Waals surface area contributed by atoms with Crippen LogP contribution in [0.25, 0.3) is 0 Å². The van der Waals surface area contributed by atoms with E-state index in [4.69, 9.17) is 14.2 Å². The van der Waals surface area contributed by atoms with Gasteiger partial charge in [-0.15, -0.1) is 0 Å². The molecule has 3 N–H and O–H groups in total. The van der Waals surface area contributed by atoms with Crippen molar-refractivity contribution in [3.05, 3.63) is 35.9 Å². The van der Waals surface area contributed by atoms with E-state index in [1.54, 1.807) is 58.0 Å². The second-order valence-electron chi connectivity index (χ2n) is 12.7. The summed E-state index contributed by atoms with van der Waals surface area (Å²) in [5.41, 5.74) is -5.49. The molecule has 40 heavy (non-hydrogen) atoms. The van der Waals surface area contributed by atoms with Crippen LogP contribution in [-0.2, 0) is 28.6 Å². The lowest BCUT2D eigenvalue weighted by Crippen LogP contribution is -2.71. The number of aliphatic hydroxyl groups is 3. The molecule has 0 amide bonds. The lowest BCUT2D eigenvalue weighted by Gasteiger charge is -2.59. The van der Waals surface area contributed by atoms with Crippen molar-refractivity contribution < 1.29 is 48.7 Å². The van der Waals surface area contributed by atoms with Gasteiger partial charge in [-0.3, -0.25) is 14.4 Å². The number of ether oxygens (including phenoxy) is 3. The van der Waals surface area contributed by atoms with Crippen LogP contribution in [0, 0.1) is 22.7 Å². The van der Waals surface area contributed by atoms with Crippen LogP contribution >= 0.6 is 0 Å². The van der Waals surface area contributed by atoms with Crippen molar-refractivity contribution in [2.24, 2.45) is 22.7 Å². The molecule has 0 spiro atoms. The Morgan fingerprint density at radius 2 is 1.75 bits per heavy atom. The number of benzene rings is 1. The third kappa shape index (κ3) is 4.68. The van der Waals surface area contributed by atoms with E-state index in [0.717, 1.165) is 0 Å². The first-order chi connectivity index (χ1) is 18.5. The predicted octanol–water partition coefficient (Wildman–Crippen LogP) is 2.01. The van der Waals surface area contributed by atoms with Gasteiger partial charge in [0.25, 0.3) is 0 Å². The quantitative estimate of drug-likeness (QED) is 0.422. The molecule has 1 aromatic rings. The summed E-state index contributed by atoms with van der Waals surface area (Å²) in [7, 11) is 0. The van der Waals surface area contributed by atoms with E-state index in [1.807, 2.05) is 0 Å². The minimum absolute atomic E-state index is 0.0246. The number of fused-ring (bicyclic) bond motifs is 1. The Morgan fingerprint density at radius 3 is 2.30 bits per heavy atom. The highest BCUT2D eigenvalue weighted by atomic mass is 16.6. The normalized spacial score (nSPS) is 38.3. The van der Waals surface area contributed by atoms with Crippen LogP contribution in [-0.4, -0.2) is 81.0 Å². The molecule has 0 aromatic heterocycles. The number of carbonyl (C=O) groups is 4. The molecule has 10 heteroatoms. The van der Waals surface area contributed by atoms with E-state index in [0.29, 0.717) is 0 Å². The molecule has 2 aliphatic carbocycles. The van der Waals surface area contributed by atoms with E-state index >= 15 is 0 Å². The fourth-order valence-corrected chi connectivity index (χ4v) is 7.17. The highest BCUT2D eigenvalue weighted by molar-refractivity contribution is 5.95. The van der Waals surface area contributed by atoms with Crippen molar-refractivity contribution >= 4 is 23.5 Å². The second kappa shape index (κ2) is 10.3. The van der Waals surface area contributed by atoms with Crippen molar-refractivity contribution in [3.8, 4) is 0 Å². The van der Waals surface area contributed by atoms with Gasteiger partial charge in [0.05, 0.1) is 18.3 Å². The van der Waals surface area contributed by atoms with Gasteiger partial charge in [0.2, 0.25) is 0 Å². The Labute approximate surface area is 234 Å². The molecule has 10 nitrogen and oxygen atoms in total. The average molecular weight is 561 g/mol. The zero-order valence-corrected chi connectivity index (χ0v) is 23.9. The number of hydrogen-bond acceptors (Lipinski definition) is 10. The van der Waals surface area contributed by atoms with Crippen LogP contribution in [0.3, 0.4) is 0 Å². The molecule has 4 rings (SSSR count). The Kier molecular flexibility index (Phi) is 7.81. The molecule has 9 atom stereocenters. The fraction of sp³-hybridized carbons (Fsp3) is 0.667. The number of Topliss-reactive ketones (excluding diaryl/α,β-unsaturated/α-hetero) is 2. The molecule has 1 saturated heterocycles. The van der Waals surface area contributed by atoms with Crippen LogP contribution in [0.4, 0.5) is 0 Å². The van der Waals surface area contributed by atoms with Crippen molar-refractivity contribution in [2.45, 2.75) is 96.4 Å². The van der Waals surface area contributed by atoms with E-state index in [2.05, 4.69) is 0 Å². The number of rotatable bonds is 7. The standard InChI is InChI=1S/C30H40O10/c1-16-20(32)13-30(37,17(2)39-26(36)19-10-8-7-9-11-19)27(4,5)23(16)24(34)25(35)28(6)14-29(40-18(3)31)15-38-22(29)12-21(28)33/h7-11,16-17,21-23,25,33,35,37H,12-15H2,1-6H3/t16?,17-,21-,22+,23?,25?,28-,29-,30+/m0/s1. The molecule has 3 unspecified atom stereocenters. The van der Waals surface area contributed by atoms with Crippen LogP contribution in [0.15, 0.2) is 30.3 Å². The maximum Gasteiger partial charge on any atom is 0.338 e. The smallest absolute Gasteiger partial charge is 0.338 e. The number of aliphatic hydroxyl groups excluding tert-OH is 2.